The van der Waals surface area contributed by atoms with E-state index >= 15 is 0 Å². The molecule has 0 atom stereocenters. The van der Waals surface area contributed by atoms with Crippen LogP contribution in [-0.4, -0.2) is 33.4 Å². The van der Waals surface area contributed by atoms with Crippen molar-refractivity contribution >= 4 is 11.9 Å². The number of aromatic nitrogens is 2. The minimum atomic E-state index is -5.08. The summed E-state index contributed by atoms with van der Waals surface area (Å²) in [5.41, 5.74) is 0.872. The van der Waals surface area contributed by atoms with Crippen LogP contribution >= 0.6 is 0 Å². The van der Waals surface area contributed by atoms with Gasteiger partial charge in [-0.2, -0.15) is 13.2 Å². The van der Waals surface area contributed by atoms with Crippen molar-refractivity contribution in [2.75, 3.05) is 0 Å². The zero-order valence-electron chi connectivity index (χ0n) is 11.5. The highest BCUT2D eigenvalue weighted by Crippen LogP contribution is 2.16. The first kappa shape index (κ1) is 18.1. The van der Waals surface area contributed by atoms with Crippen molar-refractivity contribution in [2.24, 2.45) is 0 Å². The molecular weight excluding hydrogens is 321 g/mol. The van der Waals surface area contributed by atoms with E-state index < -0.39 is 18.1 Å². The molecule has 0 bridgehead atoms. The Morgan fingerprint density at radius 2 is 1.91 bits per heavy atom. The molecule has 23 heavy (non-hydrogen) atoms. The number of aryl methyl sites for hydroxylation is 1. The van der Waals surface area contributed by atoms with E-state index in [4.69, 9.17) is 19.4 Å². The fourth-order valence-corrected chi connectivity index (χ4v) is 1.32. The Hall–Kier alpha value is -2.91. The van der Waals surface area contributed by atoms with E-state index in [1.165, 1.54) is 0 Å². The Morgan fingerprint density at radius 3 is 2.30 bits per heavy atom. The highest BCUT2D eigenvalue weighted by Gasteiger charge is 2.38. The van der Waals surface area contributed by atoms with Crippen LogP contribution in [0.25, 0.3) is 11.3 Å². The van der Waals surface area contributed by atoms with Crippen LogP contribution in [0.15, 0.2) is 41.3 Å². The van der Waals surface area contributed by atoms with Crippen LogP contribution in [0.5, 0.6) is 0 Å². The molecule has 10 heteroatoms. The molecule has 0 saturated heterocycles. The summed E-state index contributed by atoms with van der Waals surface area (Å²) in [6, 6.07) is 5.49. The summed E-state index contributed by atoms with van der Waals surface area (Å²) >= 11 is 0. The molecule has 7 nitrogen and oxygen atoms in total. The number of hydrogen-bond acceptors (Lipinski definition) is 4. The zero-order chi connectivity index (χ0) is 17.5. The summed E-state index contributed by atoms with van der Waals surface area (Å²) in [5, 5.41) is 19.7. The summed E-state index contributed by atoms with van der Waals surface area (Å²) in [7, 11) is 0. The van der Waals surface area contributed by atoms with Gasteiger partial charge in [0.05, 0.1) is 6.26 Å². The van der Waals surface area contributed by atoms with Crippen LogP contribution < -0.4 is 4.68 Å². The van der Waals surface area contributed by atoms with Crippen LogP contribution in [0.4, 0.5) is 13.2 Å². The largest absolute Gasteiger partial charge is 0.490 e. The van der Waals surface area contributed by atoms with Crippen LogP contribution in [0, 0.1) is 0 Å². The van der Waals surface area contributed by atoms with Gasteiger partial charge in [-0.15, -0.1) is 0 Å². The van der Waals surface area contributed by atoms with Crippen LogP contribution in [0.2, 0.25) is 0 Å². The van der Waals surface area contributed by atoms with Gasteiger partial charge in [0.2, 0.25) is 0 Å². The number of carboxylic acids is 2. The van der Waals surface area contributed by atoms with Gasteiger partial charge in [0, 0.05) is 11.6 Å². The Labute approximate surface area is 127 Å². The van der Waals surface area contributed by atoms with Gasteiger partial charge >= 0.3 is 18.1 Å². The maximum absolute atomic E-state index is 10.6. The third-order valence-corrected chi connectivity index (χ3v) is 2.37. The van der Waals surface area contributed by atoms with Crippen molar-refractivity contribution in [3.8, 4) is 11.3 Å². The molecule has 2 N–H and O–H groups in total. The summed E-state index contributed by atoms with van der Waals surface area (Å²) in [5.74, 6) is -2.84. The number of carboxylic acid groups (broad SMARTS) is 2. The molecule has 0 saturated carbocycles. The Morgan fingerprint density at radius 1 is 1.26 bits per heavy atom. The first-order chi connectivity index (χ1) is 10.7. The average Bonchev–Trinajstić information content (AvgIpc) is 2.99. The van der Waals surface area contributed by atoms with E-state index in [1.54, 1.807) is 29.4 Å². The summed E-state index contributed by atoms with van der Waals surface area (Å²) in [4.78, 5) is 19.3. The molecule has 0 spiro atoms. The lowest BCUT2D eigenvalue weighted by Crippen LogP contribution is -2.38. The Bertz CT molecular complexity index is 639. The summed E-state index contributed by atoms with van der Waals surface area (Å²) < 4.78 is 38.5. The average molecular weight is 333 g/mol. The van der Waals surface area contributed by atoms with Gasteiger partial charge in [0.15, 0.2) is 12.7 Å². The van der Waals surface area contributed by atoms with Crippen LogP contribution in [0.3, 0.4) is 0 Å². The van der Waals surface area contributed by atoms with Gasteiger partial charge in [-0.1, -0.05) is 4.68 Å². The summed E-state index contributed by atoms with van der Waals surface area (Å²) in [6.07, 6.45) is -0.0277. The number of rotatable bonds is 4. The predicted octanol–water partition coefficient (Wildman–Crippen LogP) is 1.74. The number of alkyl halides is 3. The van der Waals surface area contributed by atoms with Crippen LogP contribution in [-0.2, 0) is 16.1 Å². The zero-order valence-corrected chi connectivity index (χ0v) is 11.5. The highest BCUT2D eigenvalue weighted by atomic mass is 19.4. The van der Waals surface area contributed by atoms with Crippen molar-refractivity contribution in [3.05, 3.63) is 36.9 Å². The van der Waals surface area contributed by atoms with Gasteiger partial charge < -0.3 is 14.6 Å². The van der Waals surface area contributed by atoms with Crippen molar-refractivity contribution in [1.29, 1.82) is 0 Å². The topological polar surface area (TPSA) is 105 Å². The lowest BCUT2D eigenvalue weighted by molar-refractivity contribution is -0.752. The Kier molecular flexibility index (Phi) is 6.24. The monoisotopic (exact) mass is 333 g/mol. The molecule has 2 rings (SSSR count). The maximum Gasteiger partial charge on any atom is 0.490 e. The molecule has 0 aliphatic heterocycles. The maximum atomic E-state index is 10.6. The minimum absolute atomic E-state index is 0.0672. The molecule has 0 radical (unpaired) electrons. The first-order valence-corrected chi connectivity index (χ1v) is 6.11. The van der Waals surface area contributed by atoms with Crippen molar-refractivity contribution in [2.45, 2.75) is 19.1 Å². The molecule has 0 aromatic carbocycles. The molecule has 2 heterocycles. The van der Waals surface area contributed by atoms with E-state index in [1.807, 2.05) is 12.1 Å². The van der Waals surface area contributed by atoms with Gasteiger partial charge in [-0.25, -0.2) is 4.79 Å². The minimum Gasteiger partial charge on any atom is -0.481 e. The lowest BCUT2D eigenvalue weighted by atomic mass is 10.2. The quantitative estimate of drug-likeness (QED) is 0.826. The van der Waals surface area contributed by atoms with E-state index in [9.17, 15) is 18.0 Å². The summed E-state index contributed by atoms with van der Waals surface area (Å²) in [6.45, 7) is 0.369. The van der Waals surface area contributed by atoms with Crippen LogP contribution in [0.1, 0.15) is 6.42 Å². The van der Waals surface area contributed by atoms with E-state index in [0.717, 1.165) is 11.3 Å². The number of carbonyl (C=O) groups is 2. The molecule has 2 aromatic rings. The molecule has 0 fully saturated rings. The number of furan rings is 1. The molecule has 0 aliphatic rings. The molecule has 2 aromatic heterocycles. The van der Waals surface area contributed by atoms with E-state index in [-0.39, 0.29) is 6.42 Å². The normalized spacial score (nSPS) is 10.6. The fourth-order valence-electron chi connectivity index (χ4n) is 1.32. The van der Waals surface area contributed by atoms with E-state index in [0.29, 0.717) is 6.54 Å². The second-order valence-electron chi connectivity index (χ2n) is 4.10. The number of nitrogens with zero attached hydrogens (tertiary/aromatic N) is 2. The first-order valence-electron chi connectivity index (χ1n) is 6.11. The molecule has 124 valence electrons. The Balaban J connectivity index is 0.000000322. The SMILES string of the molecule is O=C(O)C(F)(F)F.O=C(O)CC[n+]1ccc(-c2ccco2)cn1. The highest BCUT2D eigenvalue weighted by molar-refractivity contribution is 5.73. The number of halogens is 3. The molecular formula is C13H12F3N2O5+. The molecule has 0 unspecified atom stereocenters. The van der Waals surface area contributed by atoms with Crippen molar-refractivity contribution < 1.29 is 42.1 Å². The standard InChI is InChI=1S/C11H10N2O3.C2HF3O2/c14-11(15)4-6-13-5-3-9(8-12-13)10-2-1-7-16-10;3-2(4,5)1(6)7/h1-3,5,7-8H,4,6H2;(H,6,7)/p+1. The smallest absolute Gasteiger partial charge is 0.481 e. The third-order valence-electron chi connectivity index (χ3n) is 2.37. The number of aliphatic carboxylic acids is 2. The van der Waals surface area contributed by atoms with Crippen molar-refractivity contribution in [3.63, 3.8) is 0 Å². The van der Waals surface area contributed by atoms with E-state index in [2.05, 4.69) is 5.10 Å². The molecule has 0 aliphatic carbocycles. The fraction of sp³-hybridized carbons (Fsp3) is 0.231. The van der Waals surface area contributed by atoms with Crippen molar-refractivity contribution in [1.82, 2.24) is 5.10 Å². The lowest BCUT2D eigenvalue weighted by Gasteiger charge is -1.94. The van der Waals surface area contributed by atoms with Gasteiger partial charge in [0.25, 0.3) is 0 Å². The number of hydrogen-bond donors (Lipinski definition) is 2. The predicted molar refractivity (Wildman–Crippen MR) is 68.1 cm³/mol. The second-order valence-corrected chi connectivity index (χ2v) is 4.10. The molecule has 0 amide bonds. The van der Waals surface area contributed by atoms with Gasteiger partial charge in [-0.05, 0) is 17.2 Å². The van der Waals surface area contributed by atoms with Gasteiger partial charge in [-0.3, -0.25) is 4.79 Å². The third kappa shape index (κ3) is 6.59. The second kappa shape index (κ2) is 7.92. The van der Waals surface area contributed by atoms with Gasteiger partial charge in [0.1, 0.15) is 18.4 Å².